The minimum absolute atomic E-state index is 0.0279. The van der Waals surface area contributed by atoms with E-state index in [1.165, 1.54) is 0 Å². The first-order valence-corrected chi connectivity index (χ1v) is 5.36. The maximum Gasteiger partial charge on any atom is 0.140 e. The molecule has 0 aliphatic heterocycles. The fourth-order valence-electron chi connectivity index (χ4n) is 1.49. The Kier molecular flexibility index (Phi) is 2.21. The van der Waals surface area contributed by atoms with Gasteiger partial charge in [-0.2, -0.15) is 5.26 Å². The zero-order chi connectivity index (χ0) is 10.3. The Balaban J connectivity index is 2.57. The van der Waals surface area contributed by atoms with Gasteiger partial charge in [0.2, 0.25) is 0 Å². The Labute approximate surface area is 95.2 Å². The molecular weight excluding hydrogens is 265 g/mol. The van der Waals surface area contributed by atoms with Crippen molar-refractivity contribution < 1.29 is 5.11 Å². The number of hydrogen-bond donors (Lipinski definition) is 1. The van der Waals surface area contributed by atoms with E-state index in [2.05, 4.69) is 22.0 Å². The zero-order valence-corrected chi connectivity index (χ0v) is 9.56. The zero-order valence-electron chi connectivity index (χ0n) is 7.22. The first kappa shape index (κ1) is 9.82. The Hall–Kier alpha value is -0.720. The summed E-state index contributed by atoms with van der Waals surface area (Å²) in [6.45, 7) is 0. The molecule has 4 heteroatoms. The molecule has 1 aliphatic rings. The SMILES string of the molecule is N#CC1(c2ccc(Br)c(Cl)c2O)CC1. The molecule has 72 valence electrons. The van der Waals surface area contributed by atoms with Crippen LogP contribution in [-0.4, -0.2) is 5.11 Å². The van der Waals surface area contributed by atoms with Gasteiger partial charge in [0.15, 0.2) is 0 Å². The van der Waals surface area contributed by atoms with Gasteiger partial charge in [-0.15, -0.1) is 0 Å². The van der Waals surface area contributed by atoms with Crippen LogP contribution in [0.25, 0.3) is 0 Å². The van der Waals surface area contributed by atoms with E-state index >= 15 is 0 Å². The first-order chi connectivity index (χ1) is 6.60. The normalized spacial score (nSPS) is 17.5. The van der Waals surface area contributed by atoms with Gasteiger partial charge in [0.05, 0.1) is 16.5 Å². The third kappa shape index (κ3) is 1.30. The summed E-state index contributed by atoms with van der Waals surface area (Å²) in [6, 6.07) is 5.73. The third-order valence-corrected chi connectivity index (χ3v) is 3.82. The lowest BCUT2D eigenvalue weighted by molar-refractivity contribution is 0.465. The number of halogens is 2. The van der Waals surface area contributed by atoms with Crippen molar-refractivity contribution in [1.29, 1.82) is 5.26 Å². The highest BCUT2D eigenvalue weighted by atomic mass is 79.9. The van der Waals surface area contributed by atoms with Crippen molar-refractivity contribution in [2.24, 2.45) is 0 Å². The molecular formula is C10H7BrClNO. The van der Waals surface area contributed by atoms with E-state index in [1.54, 1.807) is 12.1 Å². The maximum atomic E-state index is 9.77. The number of benzene rings is 1. The standard InChI is InChI=1S/C10H7BrClNO/c11-7-2-1-6(9(14)8(7)12)10(5-13)3-4-10/h1-2,14H,3-4H2. The monoisotopic (exact) mass is 271 g/mol. The molecule has 2 nitrogen and oxygen atoms in total. The van der Waals surface area contributed by atoms with E-state index in [1.807, 2.05) is 0 Å². The second-order valence-electron chi connectivity index (χ2n) is 3.45. The van der Waals surface area contributed by atoms with E-state index in [4.69, 9.17) is 16.9 Å². The van der Waals surface area contributed by atoms with E-state index in [9.17, 15) is 5.11 Å². The van der Waals surface area contributed by atoms with E-state index in [-0.39, 0.29) is 10.8 Å². The molecule has 1 aliphatic carbocycles. The summed E-state index contributed by atoms with van der Waals surface area (Å²) in [6.07, 6.45) is 1.60. The predicted octanol–water partition coefficient (Wildman–Crippen LogP) is 3.36. The Morgan fingerprint density at radius 1 is 1.50 bits per heavy atom. The van der Waals surface area contributed by atoms with Crippen LogP contribution in [0.3, 0.4) is 0 Å². The lowest BCUT2D eigenvalue weighted by Crippen LogP contribution is -2.02. The molecule has 0 heterocycles. The minimum Gasteiger partial charge on any atom is -0.506 e. The van der Waals surface area contributed by atoms with Gasteiger partial charge in [-0.25, -0.2) is 0 Å². The number of hydrogen-bond acceptors (Lipinski definition) is 2. The summed E-state index contributed by atoms with van der Waals surface area (Å²) in [5, 5.41) is 19.0. The van der Waals surface area contributed by atoms with Crippen LogP contribution in [0.4, 0.5) is 0 Å². The van der Waals surface area contributed by atoms with Gasteiger partial charge in [0, 0.05) is 10.0 Å². The molecule has 1 N–H and O–H groups in total. The Bertz CT molecular complexity index is 434. The molecule has 0 unspecified atom stereocenters. The quantitative estimate of drug-likeness (QED) is 0.852. The largest absolute Gasteiger partial charge is 0.506 e. The number of phenols is 1. The highest BCUT2D eigenvalue weighted by Crippen LogP contribution is 2.52. The average Bonchev–Trinajstić information content (AvgIpc) is 2.95. The van der Waals surface area contributed by atoms with Crippen molar-refractivity contribution in [1.82, 2.24) is 0 Å². The first-order valence-electron chi connectivity index (χ1n) is 4.19. The predicted molar refractivity (Wildman–Crippen MR) is 57.3 cm³/mol. The van der Waals surface area contributed by atoms with Crippen LogP contribution >= 0.6 is 27.5 Å². The number of phenolic OH excluding ortho intramolecular Hbond substituents is 1. The molecule has 0 bridgehead atoms. The molecule has 1 aromatic rings. The van der Waals surface area contributed by atoms with Gasteiger partial charge in [0.25, 0.3) is 0 Å². The summed E-state index contributed by atoms with van der Waals surface area (Å²) in [5.74, 6) is 0.0279. The van der Waals surface area contributed by atoms with Gasteiger partial charge >= 0.3 is 0 Å². The second kappa shape index (κ2) is 3.15. The summed E-state index contributed by atoms with van der Waals surface area (Å²) < 4.78 is 0.647. The van der Waals surface area contributed by atoms with Gasteiger partial charge in [-0.05, 0) is 34.8 Å². The van der Waals surface area contributed by atoms with E-state index < -0.39 is 5.41 Å². The van der Waals surface area contributed by atoms with Gasteiger partial charge < -0.3 is 5.11 Å². The summed E-state index contributed by atoms with van der Waals surface area (Å²) in [5.41, 5.74) is 0.155. The molecule has 0 atom stereocenters. The lowest BCUT2D eigenvalue weighted by Gasteiger charge is -2.10. The third-order valence-electron chi connectivity index (χ3n) is 2.55. The van der Waals surface area contributed by atoms with Crippen LogP contribution in [0.1, 0.15) is 18.4 Å². The second-order valence-corrected chi connectivity index (χ2v) is 4.68. The molecule has 0 spiro atoms. The Morgan fingerprint density at radius 3 is 2.64 bits per heavy atom. The van der Waals surface area contributed by atoms with E-state index in [0.717, 1.165) is 12.8 Å². The van der Waals surface area contributed by atoms with Crippen molar-refractivity contribution in [2.45, 2.75) is 18.3 Å². The van der Waals surface area contributed by atoms with Crippen LogP contribution in [0.2, 0.25) is 5.02 Å². The van der Waals surface area contributed by atoms with Gasteiger partial charge in [-0.1, -0.05) is 17.7 Å². The molecule has 2 rings (SSSR count). The van der Waals surface area contributed by atoms with Crippen LogP contribution < -0.4 is 0 Å². The van der Waals surface area contributed by atoms with Crippen molar-refractivity contribution >= 4 is 27.5 Å². The summed E-state index contributed by atoms with van der Waals surface area (Å²) >= 11 is 9.08. The molecule has 0 amide bonds. The number of nitriles is 1. The number of nitrogens with zero attached hydrogens (tertiary/aromatic N) is 1. The highest BCUT2D eigenvalue weighted by Gasteiger charge is 2.47. The highest BCUT2D eigenvalue weighted by molar-refractivity contribution is 9.10. The molecule has 0 aromatic heterocycles. The van der Waals surface area contributed by atoms with Crippen LogP contribution in [0.15, 0.2) is 16.6 Å². The Morgan fingerprint density at radius 2 is 2.14 bits per heavy atom. The summed E-state index contributed by atoms with van der Waals surface area (Å²) in [4.78, 5) is 0. The van der Waals surface area contributed by atoms with Gasteiger partial charge in [-0.3, -0.25) is 0 Å². The fraction of sp³-hybridized carbons (Fsp3) is 0.300. The van der Waals surface area contributed by atoms with Gasteiger partial charge in [0.1, 0.15) is 5.75 Å². The minimum atomic E-state index is -0.492. The topological polar surface area (TPSA) is 44.0 Å². The van der Waals surface area contributed by atoms with Crippen LogP contribution in [-0.2, 0) is 5.41 Å². The molecule has 14 heavy (non-hydrogen) atoms. The molecule has 0 saturated heterocycles. The molecule has 1 saturated carbocycles. The van der Waals surface area contributed by atoms with Crippen LogP contribution in [0.5, 0.6) is 5.75 Å². The van der Waals surface area contributed by atoms with Crippen LogP contribution in [0, 0.1) is 11.3 Å². The van der Waals surface area contributed by atoms with Crippen molar-refractivity contribution in [3.63, 3.8) is 0 Å². The lowest BCUT2D eigenvalue weighted by atomic mass is 9.97. The van der Waals surface area contributed by atoms with Crippen molar-refractivity contribution in [3.8, 4) is 11.8 Å². The maximum absolute atomic E-state index is 9.77. The molecule has 1 aromatic carbocycles. The molecule has 1 fully saturated rings. The smallest absolute Gasteiger partial charge is 0.140 e. The van der Waals surface area contributed by atoms with E-state index in [0.29, 0.717) is 10.0 Å². The summed E-state index contributed by atoms with van der Waals surface area (Å²) in [7, 11) is 0. The van der Waals surface area contributed by atoms with Crippen molar-refractivity contribution in [3.05, 3.63) is 27.2 Å². The molecule has 0 radical (unpaired) electrons. The van der Waals surface area contributed by atoms with Crippen molar-refractivity contribution in [2.75, 3.05) is 0 Å². The number of rotatable bonds is 1. The number of aromatic hydroxyl groups is 1. The fourth-order valence-corrected chi connectivity index (χ4v) is 1.98. The average molecular weight is 273 g/mol.